The van der Waals surface area contributed by atoms with Gasteiger partial charge in [0.25, 0.3) is 0 Å². The minimum atomic E-state index is -0.380. The summed E-state index contributed by atoms with van der Waals surface area (Å²) in [6.45, 7) is 7.42. The molecule has 0 radical (unpaired) electrons. The number of rotatable bonds is 4. The number of esters is 1. The third kappa shape index (κ3) is 4.54. The number of hydrogen-bond donors (Lipinski definition) is 1. The third-order valence-corrected chi connectivity index (χ3v) is 3.73. The van der Waals surface area contributed by atoms with E-state index in [1.165, 1.54) is 6.20 Å². The van der Waals surface area contributed by atoms with E-state index in [0.29, 0.717) is 24.1 Å². The van der Waals surface area contributed by atoms with E-state index in [1.807, 2.05) is 13.8 Å². The standard InChI is InChI=1S/C19H23NO4/c1-12(2)24-18(23)13-5-7-14(8-6-13)20-11-15-16(21)9-19(3,4)10-17(15)22/h5-8,11-12,20H,9-10H2,1-4H3. The molecule has 1 saturated carbocycles. The highest BCUT2D eigenvalue weighted by molar-refractivity contribution is 6.22. The first kappa shape index (κ1) is 17.9. The van der Waals surface area contributed by atoms with Crippen molar-refractivity contribution in [2.45, 2.75) is 46.6 Å². The molecule has 24 heavy (non-hydrogen) atoms. The van der Waals surface area contributed by atoms with Gasteiger partial charge in [-0.25, -0.2) is 4.79 Å². The third-order valence-electron chi connectivity index (χ3n) is 3.73. The summed E-state index contributed by atoms with van der Waals surface area (Å²) < 4.78 is 5.12. The zero-order valence-corrected chi connectivity index (χ0v) is 14.5. The second kappa shape index (κ2) is 6.99. The highest BCUT2D eigenvalue weighted by atomic mass is 16.5. The SMILES string of the molecule is CC(C)OC(=O)c1ccc(NC=C2C(=O)CC(C)(C)CC2=O)cc1. The highest BCUT2D eigenvalue weighted by Gasteiger charge is 2.35. The molecule has 0 bridgehead atoms. The number of ketones is 2. The van der Waals surface area contributed by atoms with Crippen molar-refractivity contribution in [1.82, 2.24) is 0 Å². The normalized spacial score (nSPS) is 17.0. The molecule has 128 valence electrons. The molecule has 1 aromatic rings. The summed E-state index contributed by atoms with van der Waals surface area (Å²) in [5.41, 5.74) is 1.07. The topological polar surface area (TPSA) is 72.5 Å². The molecule has 0 spiro atoms. The smallest absolute Gasteiger partial charge is 0.338 e. The summed E-state index contributed by atoms with van der Waals surface area (Å²) in [7, 11) is 0. The van der Waals surface area contributed by atoms with Gasteiger partial charge in [0, 0.05) is 24.7 Å². The number of carbonyl (C=O) groups excluding carboxylic acids is 3. The van der Waals surface area contributed by atoms with E-state index in [1.54, 1.807) is 38.1 Å². The van der Waals surface area contributed by atoms with Crippen molar-refractivity contribution in [1.29, 1.82) is 0 Å². The lowest BCUT2D eigenvalue weighted by Gasteiger charge is -2.28. The molecule has 0 aliphatic heterocycles. The van der Waals surface area contributed by atoms with Crippen LogP contribution >= 0.6 is 0 Å². The fourth-order valence-electron chi connectivity index (χ4n) is 2.58. The molecule has 0 amide bonds. The summed E-state index contributed by atoms with van der Waals surface area (Å²) >= 11 is 0. The van der Waals surface area contributed by atoms with Crippen LogP contribution in [0.25, 0.3) is 0 Å². The first-order valence-corrected chi connectivity index (χ1v) is 8.02. The van der Waals surface area contributed by atoms with Gasteiger partial charge in [0.15, 0.2) is 11.6 Å². The van der Waals surface area contributed by atoms with Crippen LogP contribution in [-0.2, 0) is 14.3 Å². The number of hydrogen-bond acceptors (Lipinski definition) is 5. The first-order chi connectivity index (χ1) is 11.2. The number of ether oxygens (including phenoxy) is 1. The summed E-state index contributed by atoms with van der Waals surface area (Å²) in [5.74, 6) is -0.656. The lowest BCUT2D eigenvalue weighted by atomic mass is 9.74. The van der Waals surface area contributed by atoms with E-state index in [-0.39, 0.29) is 34.6 Å². The molecule has 1 fully saturated rings. The zero-order valence-electron chi connectivity index (χ0n) is 14.5. The molecule has 0 saturated heterocycles. The Balaban J connectivity index is 2.05. The molecular formula is C19H23NO4. The molecule has 1 aliphatic carbocycles. The van der Waals surface area contributed by atoms with Crippen molar-refractivity contribution in [3.05, 3.63) is 41.6 Å². The molecule has 1 aromatic carbocycles. The summed E-state index contributed by atoms with van der Waals surface area (Å²) in [5, 5.41) is 2.95. The van der Waals surface area contributed by atoms with Gasteiger partial charge in [-0.2, -0.15) is 0 Å². The van der Waals surface area contributed by atoms with E-state index in [9.17, 15) is 14.4 Å². The number of anilines is 1. The van der Waals surface area contributed by atoms with Gasteiger partial charge in [-0.3, -0.25) is 9.59 Å². The first-order valence-electron chi connectivity index (χ1n) is 8.02. The average molecular weight is 329 g/mol. The number of benzene rings is 1. The van der Waals surface area contributed by atoms with Crippen LogP contribution in [0.3, 0.4) is 0 Å². The Bertz CT molecular complexity index is 662. The van der Waals surface area contributed by atoms with Crippen molar-refractivity contribution in [2.75, 3.05) is 5.32 Å². The van der Waals surface area contributed by atoms with E-state index in [4.69, 9.17) is 4.74 Å². The van der Waals surface area contributed by atoms with Crippen LogP contribution in [0.2, 0.25) is 0 Å². The molecule has 5 heteroatoms. The molecule has 1 N–H and O–H groups in total. The Morgan fingerprint density at radius 1 is 1.12 bits per heavy atom. The van der Waals surface area contributed by atoms with Gasteiger partial charge in [-0.05, 0) is 43.5 Å². The molecule has 0 unspecified atom stereocenters. The zero-order chi connectivity index (χ0) is 17.9. The van der Waals surface area contributed by atoms with E-state index in [2.05, 4.69) is 5.32 Å². The van der Waals surface area contributed by atoms with E-state index in [0.717, 1.165) is 0 Å². The average Bonchev–Trinajstić information content (AvgIpc) is 2.45. The minimum absolute atomic E-state index is 0.138. The van der Waals surface area contributed by atoms with Crippen LogP contribution in [0, 0.1) is 5.41 Å². The number of nitrogens with one attached hydrogen (secondary N) is 1. The van der Waals surface area contributed by atoms with Gasteiger partial charge in [0.2, 0.25) is 0 Å². The van der Waals surface area contributed by atoms with Crippen molar-refractivity contribution >= 4 is 23.2 Å². The van der Waals surface area contributed by atoms with Gasteiger partial charge in [0.05, 0.1) is 17.2 Å². The second-order valence-electron chi connectivity index (χ2n) is 7.10. The summed E-state index contributed by atoms with van der Waals surface area (Å²) in [6, 6.07) is 6.68. The largest absolute Gasteiger partial charge is 0.459 e. The van der Waals surface area contributed by atoms with E-state index < -0.39 is 0 Å². The number of allylic oxidation sites excluding steroid dienone is 1. The predicted molar refractivity (Wildman–Crippen MR) is 91.7 cm³/mol. The van der Waals surface area contributed by atoms with Gasteiger partial charge in [-0.1, -0.05) is 13.8 Å². The van der Waals surface area contributed by atoms with Crippen LogP contribution in [0.15, 0.2) is 36.0 Å². The number of Topliss-reactive ketones (excluding diaryl/α,β-unsaturated/α-hetero) is 2. The van der Waals surface area contributed by atoms with Crippen molar-refractivity contribution in [2.24, 2.45) is 5.41 Å². The molecule has 1 aliphatic rings. The lowest BCUT2D eigenvalue weighted by molar-refractivity contribution is -0.127. The second-order valence-corrected chi connectivity index (χ2v) is 7.10. The van der Waals surface area contributed by atoms with Crippen LogP contribution < -0.4 is 5.32 Å². The van der Waals surface area contributed by atoms with Gasteiger partial charge in [0.1, 0.15) is 0 Å². The number of carbonyl (C=O) groups is 3. The molecule has 5 nitrogen and oxygen atoms in total. The summed E-state index contributed by atoms with van der Waals surface area (Å²) in [6.07, 6.45) is 2.02. The fraction of sp³-hybridized carbons (Fsp3) is 0.421. The quantitative estimate of drug-likeness (QED) is 0.520. The van der Waals surface area contributed by atoms with E-state index >= 15 is 0 Å². The molecule has 2 rings (SSSR count). The lowest BCUT2D eigenvalue weighted by Crippen LogP contribution is -2.31. The maximum absolute atomic E-state index is 12.1. The molecule has 0 aromatic heterocycles. The van der Waals surface area contributed by atoms with Crippen LogP contribution in [0.4, 0.5) is 5.69 Å². The minimum Gasteiger partial charge on any atom is -0.459 e. The Morgan fingerprint density at radius 2 is 1.67 bits per heavy atom. The van der Waals surface area contributed by atoms with Gasteiger partial charge in [-0.15, -0.1) is 0 Å². The van der Waals surface area contributed by atoms with Crippen molar-refractivity contribution in [3.8, 4) is 0 Å². The highest BCUT2D eigenvalue weighted by Crippen LogP contribution is 2.33. The van der Waals surface area contributed by atoms with Crippen LogP contribution in [0.1, 0.15) is 50.9 Å². The predicted octanol–water partition coefficient (Wildman–Crippen LogP) is 3.51. The van der Waals surface area contributed by atoms with Crippen LogP contribution in [-0.4, -0.2) is 23.6 Å². The maximum Gasteiger partial charge on any atom is 0.338 e. The van der Waals surface area contributed by atoms with Crippen molar-refractivity contribution in [3.63, 3.8) is 0 Å². The Kier molecular flexibility index (Phi) is 5.22. The summed E-state index contributed by atoms with van der Waals surface area (Å²) in [4.78, 5) is 36.0. The maximum atomic E-state index is 12.1. The van der Waals surface area contributed by atoms with Crippen LogP contribution in [0.5, 0.6) is 0 Å². The van der Waals surface area contributed by atoms with Gasteiger partial charge >= 0.3 is 5.97 Å². The Labute approximate surface area is 142 Å². The monoisotopic (exact) mass is 329 g/mol. The Hall–Kier alpha value is -2.43. The molecule has 0 heterocycles. The van der Waals surface area contributed by atoms with Gasteiger partial charge < -0.3 is 10.1 Å². The van der Waals surface area contributed by atoms with Crippen molar-refractivity contribution < 1.29 is 19.1 Å². The molecule has 0 atom stereocenters. The fourth-order valence-corrected chi connectivity index (χ4v) is 2.58. The Morgan fingerprint density at radius 3 is 2.17 bits per heavy atom. The molecular weight excluding hydrogens is 306 g/mol.